The summed E-state index contributed by atoms with van der Waals surface area (Å²) in [7, 11) is 0. The van der Waals surface area contributed by atoms with Gasteiger partial charge >= 0.3 is 0 Å². The summed E-state index contributed by atoms with van der Waals surface area (Å²) in [4.78, 5) is 5.97. The fraction of sp³-hybridized carbons (Fsp3) is 0. The number of nitrogens with zero attached hydrogens (tertiary/aromatic N) is 2. The van der Waals surface area contributed by atoms with Crippen LogP contribution in [0.15, 0.2) is 54.7 Å². The van der Waals surface area contributed by atoms with Gasteiger partial charge < -0.3 is 5.73 Å². The van der Waals surface area contributed by atoms with Crippen molar-refractivity contribution in [3.8, 4) is 0 Å². The van der Waals surface area contributed by atoms with E-state index in [-0.39, 0.29) is 5.11 Å². The van der Waals surface area contributed by atoms with Crippen LogP contribution in [-0.4, -0.2) is 10.1 Å². The second-order valence-corrected chi connectivity index (χ2v) is 3.62. The molecule has 0 aliphatic rings. The number of pyridine rings is 1. The van der Waals surface area contributed by atoms with Crippen LogP contribution in [-0.2, 0) is 0 Å². The average Bonchev–Trinajstić information content (AvgIpc) is 2.31. The summed E-state index contributed by atoms with van der Waals surface area (Å²) < 4.78 is 0. The Morgan fingerprint density at radius 3 is 2.31 bits per heavy atom. The molecule has 16 heavy (non-hydrogen) atoms. The predicted octanol–water partition coefficient (Wildman–Crippen LogP) is 2.46. The molecule has 0 bridgehead atoms. The molecule has 3 nitrogen and oxygen atoms in total. The van der Waals surface area contributed by atoms with Gasteiger partial charge in [-0.15, -0.1) is 0 Å². The monoisotopic (exact) mass is 229 g/mol. The van der Waals surface area contributed by atoms with Gasteiger partial charge in [0.15, 0.2) is 5.11 Å². The Morgan fingerprint density at radius 1 is 1.06 bits per heavy atom. The van der Waals surface area contributed by atoms with Gasteiger partial charge in [-0.25, -0.2) is 4.98 Å². The molecule has 2 N–H and O–H groups in total. The molecule has 2 rings (SSSR count). The summed E-state index contributed by atoms with van der Waals surface area (Å²) in [6.45, 7) is 0. The highest BCUT2D eigenvalue weighted by atomic mass is 32.1. The third-order valence-electron chi connectivity index (χ3n) is 2.11. The van der Waals surface area contributed by atoms with Gasteiger partial charge in [-0.3, -0.25) is 4.90 Å². The van der Waals surface area contributed by atoms with Gasteiger partial charge in [-0.2, -0.15) is 0 Å². The van der Waals surface area contributed by atoms with Crippen LogP contribution in [0.4, 0.5) is 11.5 Å². The first-order chi connectivity index (χ1) is 7.79. The topological polar surface area (TPSA) is 42.1 Å². The fourth-order valence-electron chi connectivity index (χ4n) is 1.44. The van der Waals surface area contributed by atoms with E-state index in [0.717, 1.165) is 11.5 Å². The second kappa shape index (κ2) is 4.72. The lowest BCUT2D eigenvalue weighted by Crippen LogP contribution is -2.31. The lowest BCUT2D eigenvalue weighted by Gasteiger charge is -2.21. The third-order valence-corrected chi connectivity index (χ3v) is 2.30. The zero-order valence-corrected chi connectivity index (χ0v) is 9.39. The Hall–Kier alpha value is -1.94. The quantitative estimate of drug-likeness (QED) is 0.803. The first kappa shape index (κ1) is 10.6. The number of rotatable bonds is 2. The van der Waals surface area contributed by atoms with Gasteiger partial charge in [0.05, 0.1) is 0 Å². The minimum Gasteiger partial charge on any atom is -0.376 e. The number of benzene rings is 1. The molecule has 0 unspecified atom stereocenters. The molecule has 0 aliphatic heterocycles. The van der Waals surface area contributed by atoms with Crippen LogP contribution in [0.3, 0.4) is 0 Å². The number of anilines is 2. The standard InChI is InChI=1S/C12H11N3S/c13-12(16)15(10-6-2-1-3-7-10)11-8-4-5-9-14-11/h1-9H,(H2,13,16). The molecule has 0 radical (unpaired) electrons. The van der Waals surface area contributed by atoms with Crippen LogP contribution in [0.2, 0.25) is 0 Å². The van der Waals surface area contributed by atoms with Crippen molar-refractivity contribution in [3.05, 3.63) is 54.7 Å². The largest absolute Gasteiger partial charge is 0.376 e. The molecule has 1 heterocycles. The zero-order chi connectivity index (χ0) is 11.4. The molecular weight excluding hydrogens is 218 g/mol. The minimum absolute atomic E-state index is 0.282. The van der Waals surface area contributed by atoms with Crippen LogP contribution in [0.25, 0.3) is 0 Å². The van der Waals surface area contributed by atoms with E-state index in [0.29, 0.717) is 0 Å². The number of aromatic nitrogens is 1. The Labute approximate surface area is 99.5 Å². The van der Waals surface area contributed by atoms with Crippen molar-refractivity contribution in [1.29, 1.82) is 0 Å². The number of para-hydroxylation sites is 1. The number of hydrogen-bond donors (Lipinski definition) is 1. The lowest BCUT2D eigenvalue weighted by molar-refractivity contribution is 1.21. The highest BCUT2D eigenvalue weighted by Crippen LogP contribution is 2.22. The Balaban J connectivity index is 2.44. The third kappa shape index (κ3) is 2.17. The summed E-state index contributed by atoms with van der Waals surface area (Å²) >= 11 is 5.04. The van der Waals surface area contributed by atoms with Crippen molar-refractivity contribution in [1.82, 2.24) is 4.98 Å². The van der Waals surface area contributed by atoms with E-state index in [1.54, 1.807) is 11.1 Å². The molecule has 1 aromatic carbocycles. The van der Waals surface area contributed by atoms with E-state index < -0.39 is 0 Å². The van der Waals surface area contributed by atoms with Crippen LogP contribution in [0, 0.1) is 0 Å². The van der Waals surface area contributed by atoms with Gasteiger partial charge in [-0.1, -0.05) is 24.3 Å². The highest BCUT2D eigenvalue weighted by molar-refractivity contribution is 7.80. The number of thiocarbonyl (C=S) groups is 1. The molecular formula is C12H11N3S. The molecule has 2 aromatic rings. The van der Waals surface area contributed by atoms with Crippen molar-refractivity contribution in [3.63, 3.8) is 0 Å². The molecule has 1 aromatic heterocycles. The van der Waals surface area contributed by atoms with Gasteiger partial charge in [-0.05, 0) is 36.5 Å². The van der Waals surface area contributed by atoms with E-state index in [9.17, 15) is 0 Å². The smallest absolute Gasteiger partial charge is 0.176 e. The predicted molar refractivity (Wildman–Crippen MR) is 69.6 cm³/mol. The van der Waals surface area contributed by atoms with Crippen LogP contribution < -0.4 is 10.6 Å². The Kier molecular flexibility index (Phi) is 3.12. The van der Waals surface area contributed by atoms with Gasteiger partial charge in [0.25, 0.3) is 0 Å². The molecule has 0 saturated carbocycles. The SMILES string of the molecule is NC(=S)N(c1ccccc1)c1ccccn1. The minimum atomic E-state index is 0.282. The van der Waals surface area contributed by atoms with E-state index in [4.69, 9.17) is 18.0 Å². The van der Waals surface area contributed by atoms with Crippen molar-refractivity contribution < 1.29 is 0 Å². The maximum absolute atomic E-state index is 5.72. The normalized spacial score (nSPS) is 9.75. The maximum atomic E-state index is 5.72. The molecule has 0 atom stereocenters. The van der Waals surface area contributed by atoms with Crippen molar-refractivity contribution in [2.45, 2.75) is 0 Å². The van der Waals surface area contributed by atoms with Crippen molar-refractivity contribution in [2.24, 2.45) is 5.73 Å². The van der Waals surface area contributed by atoms with Crippen LogP contribution in [0.5, 0.6) is 0 Å². The molecule has 0 amide bonds. The van der Waals surface area contributed by atoms with Gasteiger partial charge in [0.2, 0.25) is 0 Å². The Bertz CT molecular complexity index is 431. The first-order valence-electron chi connectivity index (χ1n) is 4.84. The van der Waals surface area contributed by atoms with Crippen LogP contribution in [0.1, 0.15) is 0 Å². The van der Waals surface area contributed by atoms with Gasteiger partial charge in [0.1, 0.15) is 5.82 Å². The van der Waals surface area contributed by atoms with E-state index in [2.05, 4.69) is 4.98 Å². The van der Waals surface area contributed by atoms with E-state index in [1.807, 2.05) is 48.5 Å². The average molecular weight is 229 g/mol. The summed E-state index contributed by atoms with van der Waals surface area (Å²) in [6, 6.07) is 15.3. The number of hydrogen-bond acceptors (Lipinski definition) is 2. The molecule has 0 spiro atoms. The summed E-state index contributed by atoms with van der Waals surface area (Å²) in [5.74, 6) is 0.723. The Morgan fingerprint density at radius 2 is 1.75 bits per heavy atom. The number of nitrogens with two attached hydrogens (primary N) is 1. The summed E-state index contributed by atoms with van der Waals surface area (Å²) in [5.41, 5.74) is 6.63. The zero-order valence-electron chi connectivity index (χ0n) is 8.58. The molecule has 80 valence electrons. The highest BCUT2D eigenvalue weighted by Gasteiger charge is 2.11. The van der Waals surface area contributed by atoms with Gasteiger partial charge in [0, 0.05) is 11.9 Å². The van der Waals surface area contributed by atoms with Crippen molar-refractivity contribution in [2.75, 3.05) is 4.90 Å². The maximum Gasteiger partial charge on any atom is 0.176 e. The molecule has 0 saturated heterocycles. The van der Waals surface area contributed by atoms with Crippen LogP contribution >= 0.6 is 12.2 Å². The molecule has 0 aliphatic carbocycles. The second-order valence-electron chi connectivity index (χ2n) is 3.20. The molecule has 0 fully saturated rings. The lowest BCUT2D eigenvalue weighted by atomic mass is 10.3. The molecule has 4 heteroatoms. The summed E-state index contributed by atoms with van der Waals surface area (Å²) in [6.07, 6.45) is 1.71. The fourth-order valence-corrected chi connectivity index (χ4v) is 1.63. The first-order valence-corrected chi connectivity index (χ1v) is 5.25. The summed E-state index contributed by atoms with van der Waals surface area (Å²) in [5, 5.41) is 0.282. The van der Waals surface area contributed by atoms with Crippen molar-refractivity contribution >= 4 is 28.8 Å². The van der Waals surface area contributed by atoms with E-state index in [1.165, 1.54) is 0 Å². The van der Waals surface area contributed by atoms with E-state index >= 15 is 0 Å².